The summed E-state index contributed by atoms with van der Waals surface area (Å²) in [5, 5.41) is 0. The molecule has 0 aliphatic carbocycles. The molecule has 0 saturated heterocycles. The first kappa shape index (κ1) is 51.8. The van der Waals surface area contributed by atoms with Crippen molar-refractivity contribution >= 4 is 19.8 Å². The number of unbranched alkanes of at least 4 members (excludes halogenated alkanes) is 19. The third-order valence-corrected chi connectivity index (χ3v) is 9.54. The molecule has 0 rings (SSSR count). The van der Waals surface area contributed by atoms with Crippen LogP contribution in [0.5, 0.6) is 0 Å². The normalized spacial score (nSPS) is 13.0. The van der Waals surface area contributed by atoms with Gasteiger partial charge in [0, 0.05) is 12.8 Å². The summed E-state index contributed by atoms with van der Waals surface area (Å²) in [4.78, 5) is 42.8. The van der Waals surface area contributed by atoms with Crippen LogP contribution in [0.25, 0.3) is 0 Å². The van der Waals surface area contributed by atoms with E-state index in [9.17, 15) is 14.2 Å². The van der Waals surface area contributed by atoms with Crippen molar-refractivity contribution in [3.8, 4) is 0 Å². The minimum atomic E-state index is -4.78. The van der Waals surface area contributed by atoms with E-state index < -0.39 is 32.5 Å². The van der Waals surface area contributed by atoms with E-state index in [0.29, 0.717) is 12.8 Å². The number of allylic oxidation sites excluding steroid dienone is 10. The molecule has 0 aromatic carbocycles. The van der Waals surface area contributed by atoms with Crippen molar-refractivity contribution in [2.75, 3.05) is 13.2 Å². The third-order valence-electron chi connectivity index (χ3n) is 9.05. The summed E-state index contributed by atoms with van der Waals surface area (Å²) in [5.74, 6) is -0.978. The van der Waals surface area contributed by atoms with Gasteiger partial charge in [0.25, 0.3) is 0 Å². The number of carbonyl (C=O) groups excluding carboxylic acids is 2. The molecule has 312 valence electrons. The lowest BCUT2D eigenvalue weighted by molar-refractivity contribution is -0.161. The number of carbonyl (C=O) groups is 2. The fourth-order valence-electron chi connectivity index (χ4n) is 5.83. The molecule has 0 aliphatic rings. The van der Waals surface area contributed by atoms with E-state index in [0.717, 1.165) is 38.5 Å². The van der Waals surface area contributed by atoms with Crippen LogP contribution in [0.1, 0.15) is 194 Å². The Balaban J connectivity index is 4.03. The van der Waals surface area contributed by atoms with Gasteiger partial charge in [0.15, 0.2) is 6.10 Å². The molecule has 0 aromatic heterocycles. The van der Waals surface area contributed by atoms with Crippen molar-refractivity contribution in [3.63, 3.8) is 0 Å². The van der Waals surface area contributed by atoms with Gasteiger partial charge in [0.1, 0.15) is 6.61 Å². The molecule has 2 N–H and O–H groups in total. The molecule has 0 radical (unpaired) electrons. The molecule has 0 amide bonds. The minimum absolute atomic E-state index is 0.0880. The predicted molar refractivity (Wildman–Crippen MR) is 225 cm³/mol. The van der Waals surface area contributed by atoms with Crippen LogP contribution in [0.4, 0.5) is 0 Å². The van der Waals surface area contributed by atoms with Crippen molar-refractivity contribution in [1.82, 2.24) is 0 Å². The van der Waals surface area contributed by atoms with Gasteiger partial charge in [-0.3, -0.25) is 14.1 Å². The summed E-state index contributed by atoms with van der Waals surface area (Å²) >= 11 is 0. The Hall–Kier alpha value is -2.25. The number of ether oxygens (including phenoxy) is 2. The molecule has 54 heavy (non-hydrogen) atoms. The maximum absolute atomic E-state index is 12.4. The fourth-order valence-corrected chi connectivity index (χ4v) is 6.19. The van der Waals surface area contributed by atoms with Gasteiger partial charge in [-0.25, -0.2) is 4.57 Å². The molecule has 0 aromatic rings. The Bertz CT molecular complexity index is 1060. The summed E-state index contributed by atoms with van der Waals surface area (Å²) in [6.07, 6.45) is 51.0. The topological polar surface area (TPSA) is 119 Å². The largest absolute Gasteiger partial charge is 0.469 e. The zero-order valence-corrected chi connectivity index (χ0v) is 35.2. The minimum Gasteiger partial charge on any atom is -0.462 e. The van der Waals surface area contributed by atoms with Crippen LogP contribution in [-0.2, 0) is 28.2 Å². The molecule has 0 spiro atoms. The van der Waals surface area contributed by atoms with Gasteiger partial charge < -0.3 is 19.3 Å². The lowest BCUT2D eigenvalue weighted by atomic mass is 10.0. The van der Waals surface area contributed by atoms with Crippen molar-refractivity contribution < 1.29 is 37.9 Å². The second kappa shape index (κ2) is 40.4. The quantitative estimate of drug-likeness (QED) is 0.0274. The van der Waals surface area contributed by atoms with Crippen LogP contribution in [0.3, 0.4) is 0 Å². The summed E-state index contributed by atoms with van der Waals surface area (Å²) in [5.41, 5.74) is 0. The van der Waals surface area contributed by atoms with Crippen LogP contribution < -0.4 is 0 Å². The van der Waals surface area contributed by atoms with Crippen molar-refractivity contribution in [2.45, 2.75) is 200 Å². The van der Waals surface area contributed by atoms with Gasteiger partial charge in [0.2, 0.25) is 0 Å². The van der Waals surface area contributed by atoms with Crippen LogP contribution in [-0.4, -0.2) is 41.0 Å². The average molecular weight is 779 g/mol. The lowest BCUT2D eigenvalue weighted by Gasteiger charge is -2.18. The van der Waals surface area contributed by atoms with E-state index in [-0.39, 0.29) is 19.4 Å². The Morgan fingerprint density at radius 3 is 1.31 bits per heavy atom. The number of phosphoric acid groups is 1. The van der Waals surface area contributed by atoms with Gasteiger partial charge in [-0.1, -0.05) is 190 Å². The number of phosphoric ester groups is 1. The molecule has 0 unspecified atom stereocenters. The maximum atomic E-state index is 12.4. The van der Waals surface area contributed by atoms with Crippen LogP contribution in [0.2, 0.25) is 0 Å². The monoisotopic (exact) mass is 779 g/mol. The van der Waals surface area contributed by atoms with E-state index in [1.807, 2.05) is 12.2 Å². The summed E-state index contributed by atoms with van der Waals surface area (Å²) in [6, 6.07) is 0. The maximum Gasteiger partial charge on any atom is 0.469 e. The highest BCUT2D eigenvalue weighted by Crippen LogP contribution is 2.36. The van der Waals surface area contributed by atoms with Crippen molar-refractivity contribution in [2.24, 2.45) is 0 Å². The van der Waals surface area contributed by atoms with E-state index in [1.165, 1.54) is 116 Å². The number of hydrogen-bond donors (Lipinski definition) is 2. The van der Waals surface area contributed by atoms with Gasteiger partial charge in [-0.2, -0.15) is 0 Å². The van der Waals surface area contributed by atoms with Gasteiger partial charge in [0.05, 0.1) is 6.61 Å². The highest BCUT2D eigenvalue weighted by molar-refractivity contribution is 7.46. The number of rotatable bonds is 39. The first-order valence-corrected chi connectivity index (χ1v) is 23.1. The standard InChI is InChI=1S/C45H79O8P/c1-3-5-7-9-11-13-15-17-19-21-22-24-26-28-30-32-34-36-38-40-45(47)53-43(42-52-54(48,49)50)41-51-44(46)39-37-35-33-31-29-27-25-23-20-18-16-14-12-10-8-6-4-2/h11,13,17,19,22,24,28,30,34,36,43H,3-10,12,14-16,18,20-21,23,25-27,29,31-33,35,37-42H2,1-2H3,(H2,48,49,50)/b13-11+,19-17+,24-22+,30-28+,36-34+/t43-/m1/s1. The van der Waals surface area contributed by atoms with Crippen LogP contribution >= 0.6 is 7.82 Å². The van der Waals surface area contributed by atoms with Crippen molar-refractivity contribution in [1.29, 1.82) is 0 Å². The molecule has 1 atom stereocenters. The lowest BCUT2D eigenvalue weighted by Crippen LogP contribution is -2.29. The molecular weight excluding hydrogens is 699 g/mol. The molecule has 8 nitrogen and oxygen atoms in total. The zero-order chi connectivity index (χ0) is 39.6. The zero-order valence-electron chi connectivity index (χ0n) is 34.4. The van der Waals surface area contributed by atoms with E-state index >= 15 is 0 Å². The van der Waals surface area contributed by atoms with Crippen LogP contribution in [0, 0.1) is 0 Å². The van der Waals surface area contributed by atoms with E-state index in [1.54, 1.807) is 0 Å². The van der Waals surface area contributed by atoms with Gasteiger partial charge in [-0.05, 0) is 51.4 Å². The van der Waals surface area contributed by atoms with E-state index in [2.05, 4.69) is 67.0 Å². The van der Waals surface area contributed by atoms with Crippen molar-refractivity contribution in [3.05, 3.63) is 60.8 Å². The molecule has 0 fully saturated rings. The number of hydrogen-bond acceptors (Lipinski definition) is 6. The second-order valence-electron chi connectivity index (χ2n) is 14.3. The summed E-state index contributed by atoms with van der Waals surface area (Å²) in [7, 11) is -4.78. The molecule has 9 heteroatoms. The Labute approximate surface area is 330 Å². The van der Waals surface area contributed by atoms with Crippen LogP contribution in [0.15, 0.2) is 60.8 Å². The highest BCUT2D eigenvalue weighted by Gasteiger charge is 2.22. The van der Waals surface area contributed by atoms with E-state index in [4.69, 9.17) is 19.3 Å². The molecular formula is C45H79O8P. The smallest absolute Gasteiger partial charge is 0.462 e. The molecule has 0 saturated carbocycles. The second-order valence-corrected chi connectivity index (χ2v) is 15.6. The highest BCUT2D eigenvalue weighted by atomic mass is 31.2. The third kappa shape index (κ3) is 42.5. The first-order valence-electron chi connectivity index (χ1n) is 21.6. The molecule has 0 heterocycles. The first-order chi connectivity index (χ1) is 26.3. The fraction of sp³-hybridized carbons (Fsp3) is 0.733. The molecule has 0 aliphatic heterocycles. The Morgan fingerprint density at radius 1 is 0.481 bits per heavy atom. The Morgan fingerprint density at radius 2 is 0.870 bits per heavy atom. The van der Waals surface area contributed by atoms with Gasteiger partial charge in [-0.15, -0.1) is 0 Å². The molecule has 0 bridgehead atoms. The number of esters is 2. The summed E-state index contributed by atoms with van der Waals surface area (Å²) < 4.78 is 26.3. The SMILES string of the molecule is CCCCC/C=C/C/C=C/C/C=C/C/C=C/C/C=C/CCC(=O)O[C@H](COC(=O)CCCCCCCCCCCCCCCCCCC)COP(=O)(O)O. The predicted octanol–water partition coefficient (Wildman–Crippen LogP) is 13.3. The van der Waals surface area contributed by atoms with Gasteiger partial charge >= 0.3 is 19.8 Å². The summed E-state index contributed by atoms with van der Waals surface area (Å²) in [6.45, 7) is 3.61. The Kier molecular flexibility index (Phi) is 38.7. The average Bonchev–Trinajstić information content (AvgIpc) is 3.14.